The van der Waals surface area contributed by atoms with Gasteiger partial charge in [0.1, 0.15) is 5.75 Å². The molecule has 0 aliphatic rings. The molecule has 2 rings (SSSR count). The van der Waals surface area contributed by atoms with Gasteiger partial charge in [-0.25, -0.2) is 0 Å². The average molecular weight is 290 g/mol. The Morgan fingerprint density at radius 3 is 2.65 bits per heavy atom. The first-order valence-corrected chi connectivity index (χ1v) is 7.18. The summed E-state index contributed by atoms with van der Waals surface area (Å²) in [5.74, 6) is 0.837. The highest BCUT2D eigenvalue weighted by atomic mass is 35.5. The highest BCUT2D eigenvalue weighted by Gasteiger charge is 2.10. The van der Waals surface area contributed by atoms with Crippen LogP contribution in [-0.2, 0) is 0 Å². The number of halogens is 1. The molecule has 0 radical (unpaired) electrons. The summed E-state index contributed by atoms with van der Waals surface area (Å²) < 4.78 is 5.43. The van der Waals surface area contributed by atoms with Crippen LogP contribution in [0.4, 0.5) is 0 Å². The first-order chi connectivity index (χ1) is 9.69. The van der Waals surface area contributed by atoms with Crippen molar-refractivity contribution in [1.29, 1.82) is 0 Å². The molecule has 106 valence electrons. The molecule has 0 amide bonds. The van der Waals surface area contributed by atoms with E-state index in [1.807, 2.05) is 25.2 Å². The fourth-order valence-corrected chi connectivity index (χ4v) is 2.61. The Balaban J connectivity index is 2.48. The van der Waals surface area contributed by atoms with E-state index in [2.05, 4.69) is 36.5 Å². The Bertz CT molecular complexity index is 579. The van der Waals surface area contributed by atoms with Crippen molar-refractivity contribution in [2.45, 2.75) is 19.4 Å². The molecule has 2 aromatic carbocycles. The van der Waals surface area contributed by atoms with Crippen molar-refractivity contribution in [3.05, 3.63) is 53.1 Å². The van der Waals surface area contributed by atoms with Gasteiger partial charge in [0.2, 0.25) is 0 Å². The number of hydrogen-bond donors (Lipinski definition) is 1. The zero-order valence-electron chi connectivity index (χ0n) is 12.1. The molecule has 2 nitrogen and oxygen atoms in total. The van der Waals surface area contributed by atoms with E-state index in [1.54, 1.807) is 7.11 Å². The molecule has 3 heteroatoms. The van der Waals surface area contributed by atoms with Crippen LogP contribution in [0.5, 0.6) is 5.75 Å². The van der Waals surface area contributed by atoms with Crippen LogP contribution < -0.4 is 10.1 Å². The maximum absolute atomic E-state index is 6.11. The lowest BCUT2D eigenvalue weighted by Crippen LogP contribution is -2.15. The Hall–Kier alpha value is -1.51. The first kappa shape index (κ1) is 14.9. The molecule has 1 atom stereocenters. The lowest BCUT2D eigenvalue weighted by Gasteiger charge is -2.16. The van der Waals surface area contributed by atoms with Crippen molar-refractivity contribution in [2.24, 2.45) is 0 Å². The second kappa shape index (κ2) is 6.78. The number of rotatable bonds is 5. The maximum Gasteiger partial charge on any atom is 0.126 e. The van der Waals surface area contributed by atoms with Crippen molar-refractivity contribution in [2.75, 3.05) is 14.2 Å². The van der Waals surface area contributed by atoms with E-state index < -0.39 is 0 Å². The van der Waals surface area contributed by atoms with Crippen LogP contribution >= 0.6 is 11.6 Å². The van der Waals surface area contributed by atoms with Gasteiger partial charge in [0.15, 0.2) is 0 Å². The zero-order chi connectivity index (χ0) is 14.5. The molecule has 20 heavy (non-hydrogen) atoms. The van der Waals surface area contributed by atoms with Crippen molar-refractivity contribution < 1.29 is 4.74 Å². The van der Waals surface area contributed by atoms with E-state index in [9.17, 15) is 0 Å². The summed E-state index contributed by atoms with van der Waals surface area (Å²) in [6.45, 7) is 2.17. The third-order valence-electron chi connectivity index (χ3n) is 3.52. The molecule has 0 aliphatic carbocycles. The van der Waals surface area contributed by atoms with Gasteiger partial charge in [-0.1, -0.05) is 36.7 Å². The number of nitrogens with one attached hydrogen (secondary N) is 1. The van der Waals surface area contributed by atoms with Gasteiger partial charge < -0.3 is 10.1 Å². The quantitative estimate of drug-likeness (QED) is 0.862. The number of ether oxygens (including phenoxy) is 1. The van der Waals surface area contributed by atoms with Gasteiger partial charge >= 0.3 is 0 Å². The molecule has 0 aliphatic heterocycles. The van der Waals surface area contributed by atoms with E-state index in [0.717, 1.165) is 23.3 Å². The molecule has 0 fully saturated rings. The van der Waals surface area contributed by atoms with Crippen LogP contribution in [0.1, 0.15) is 24.9 Å². The summed E-state index contributed by atoms with van der Waals surface area (Å²) in [6.07, 6.45) is 1.05. The molecule has 1 N–H and O–H groups in total. The van der Waals surface area contributed by atoms with E-state index in [1.165, 1.54) is 5.56 Å². The highest BCUT2D eigenvalue weighted by Crippen LogP contribution is 2.33. The normalized spacial score (nSPS) is 12.2. The van der Waals surface area contributed by atoms with E-state index in [-0.39, 0.29) is 0 Å². The standard InChI is InChI=1S/C17H20ClNO/c1-4-16(19-2)13-7-5-6-12(10-13)15-11-14(18)8-9-17(15)20-3/h5-11,16,19H,4H2,1-3H3. The van der Waals surface area contributed by atoms with Gasteiger partial charge in [0.05, 0.1) is 7.11 Å². The summed E-state index contributed by atoms with van der Waals surface area (Å²) in [5, 5.41) is 4.04. The third-order valence-corrected chi connectivity index (χ3v) is 3.75. The molecule has 0 bridgehead atoms. The van der Waals surface area contributed by atoms with Gasteiger partial charge in [0, 0.05) is 16.6 Å². The van der Waals surface area contributed by atoms with Gasteiger partial charge in [-0.15, -0.1) is 0 Å². The van der Waals surface area contributed by atoms with Crippen LogP contribution in [0.3, 0.4) is 0 Å². The summed E-state index contributed by atoms with van der Waals surface area (Å²) >= 11 is 6.11. The van der Waals surface area contributed by atoms with Crippen molar-refractivity contribution >= 4 is 11.6 Å². The van der Waals surface area contributed by atoms with Gasteiger partial charge in [-0.2, -0.15) is 0 Å². The summed E-state index contributed by atoms with van der Waals surface area (Å²) in [4.78, 5) is 0. The Kier molecular flexibility index (Phi) is 5.05. The Morgan fingerprint density at radius 2 is 2.00 bits per heavy atom. The van der Waals surface area contributed by atoms with Crippen LogP contribution in [0.2, 0.25) is 5.02 Å². The molecule has 2 aromatic rings. The second-order valence-corrected chi connectivity index (χ2v) is 5.16. The van der Waals surface area contributed by atoms with Gasteiger partial charge in [-0.3, -0.25) is 0 Å². The van der Waals surface area contributed by atoms with Crippen LogP contribution in [-0.4, -0.2) is 14.2 Å². The van der Waals surface area contributed by atoms with Crippen molar-refractivity contribution in [3.8, 4) is 16.9 Å². The summed E-state index contributed by atoms with van der Waals surface area (Å²) in [7, 11) is 3.67. The highest BCUT2D eigenvalue weighted by molar-refractivity contribution is 6.31. The smallest absolute Gasteiger partial charge is 0.126 e. The largest absolute Gasteiger partial charge is 0.496 e. The van der Waals surface area contributed by atoms with Crippen LogP contribution in [0.25, 0.3) is 11.1 Å². The Labute approximate surface area is 125 Å². The topological polar surface area (TPSA) is 21.3 Å². The average Bonchev–Trinajstić information content (AvgIpc) is 2.49. The SMILES string of the molecule is CCC(NC)c1cccc(-c2cc(Cl)ccc2OC)c1. The molecule has 0 saturated heterocycles. The molecule has 0 spiro atoms. The third kappa shape index (κ3) is 3.14. The van der Waals surface area contributed by atoms with Crippen molar-refractivity contribution in [1.82, 2.24) is 5.32 Å². The molecule has 0 saturated carbocycles. The maximum atomic E-state index is 6.11. The monoisotopic (exact) mass is 289 g/mol. The molecular weight excluding hydrogens is 270 g/mol. The summed E-state index contributed by atoms with van der Waals surface area (Å²) in [5.41, 5.74) is 3.41. The fraction of sp³-hybridized carbons (Fsp3) is 0.294. The Morgan fingerprint density at radius 1 is 1.20 bits per heavy atom. The minimum Gasteiger partial charge on any atom is -0.496 e. The fourth-order valence-electron chi connectivity index (χ4n) is 2.44. The number of methoxy groups -OCH3 is 1. The minimum absolute atomic E-state index is 0.361. The molecule has 0 heterocycles. The first-order valence-electron chi connectivity index (χ1n) is 6.80. The second-order valence-electron chi connectivity index (χ2n) is 4.72. The van der Waals surface area contributed by atoms with Crippen molar-refractivity contribution in [3.63, 3.8) is 0 Å². The number of hydrogen-bond acceptors (Lipinski definition) is 2. The van der Waals surface area contributed by atoms with E-state index in [0.29, 0.717) is 11.1 Å². The van der Waals surface area contributed by atoms with E-state index in [4.69, 9.17) is 16.3 Å². The van der Waals surface area contributed by atoms with E-state index >= 15 is 0 Å². The number of benzene rings is 2. The minimum atomic E-state index is 0.361. The van der Waals surface area contributed by atoms with Crippen LogP contribution in [0, 0.1) is 0 Å². The summed E-state index contributed by atoms with van der Waals surface area (Å²) in [6, 6.07) is 14.5. The predicted octanol–water partition coefficient (Wildman–Crippen LogP) is 4.69. The molecule has 0 aromatic heterocycles. The van der Waals surface area contributed by atoms with Gasteiger partial charge in [-0.05, 0) is 48.9 Å². The predicted molar refractivity (Wildman–Crippen MR) is 85.5 cm³/mol. The lowest BCUT2D eigenvalue weighted by molar-refractivity contribution is 0.416. The zero-order valence-corrected chi connectivity index (χ0v) is 12.9. The molecule has 1 unspecified atom stereocenters. The van der Waals surface area contributed by atoms with Gasteiger partial charge in [0.25, 0.3) is 0 Å². The lowest BCUT2D eigenvalue weighted by atomic mass is 9.98. The molecular formula is C17H20ClNO. The van der Waals surface area contributed by atoms with Crippen LogP contribution in [0.15, 0.2) is 42.5 Å².